The highest BCUT2D eigenvalue weighted by molar-refractivity contribution is 5.23. The van der Waals surface area contributed by atoms with Crippen LogP contribution in [0.25, 0.3) is 0 Å². The third-order valence-corrected chi connectivity index (χ3v) is 2.57. The zero-order chi connectivity index (χ0) is 12.4. The highest BCUT2D eigenvalue weighted by atomic mass is 16.3. The van der Waals surface area contributed by atoms with Crippen LogP contribution in [0.3, 0.4) is 0 Å². The summed E-state index contributed by atoms with van der Waals surface area (Å²) in [5.41, 5.74) is 1.66. The summed E-state index contributed by atoms with van der Waals surface area (Å²) < 4.78 is 1.72. The molecule has 1 N–H and O–H groups in total. The number of rotatable bonds is 3. The van der Waals surface area contributed by atoms with E-state index in [2.05, 4.69) is 15.1 Å². The minimum atomic E-state index is -0.762. The van der Waals surface area contributed by atoms with Crippen molar-refractivity contribution in [2.75, 3.05) is 0 Å². The van der Waals surface area contributed by atoms with E-state index in [0.717, 1.165) is 11.3 Å². The molecule has 0 spiro atoms. The molecule has 90 valence electrons. The normalized spacial score (nSPS) is 13.0. The van der Waals surface area contributed by atoms with Gasteiger partial charge in [0.15, 0.2) is 5.82 Å². The maximum Gasteiger partial charge on any atom is 0.160 e. The van der Waals surface area contributed by atoms with Gasteiger partial charge in [0.25, 0.3) is 0 Å². The summed E-state index contributed by atoms with van der Waals surface area (Å²) in [6.45, 7) is 5.90. The van der Waals surface area contributed by atoms with Crippen LogP contribution in [0.2, 0.25) is 0 Å². The summed E-state index contributed by atoms with van der Waals surface area (Å²) in [6.07, 6.45) is 2.39. The maximum atomic E-state index is 10.3. The van der Waals surface area contributed by atoms with E-state index in [1.54, 1.807) is 16.9 Å². The van der Waals surface area contributed by atoms with Crippen molar-refractivity contribution in [3.63, 3.8) is 0 Å². The summed E-state index contributed by atoms with van der Waals surface area (Å²) in [6, 6.07) is 3.81. The van der Waals surface area contributed by atoms with Crippen LogP contribution >= 0.6 is 0 Å². The predicted octanol–water partition coefficient (Wildman–Crippen LogP) is 1.64. The van der Waals surface area contributed by atoms with Crippen LogP contribution in [-0.4, -0.2) is 24.9 Å². The van der Waals surface area contributed by atoms with Gasteiger partial charge in [-0.1, -0.05) is 0 Å². The molecule has 2 aromatic rings. The Morgan fingerprint density at radius 2 is 2.06 bits per heavy atom. The van der Waals surface area contributed by atoms with Crippen LogP contribution in [0.15, 0.2) is 24.7 Å². The van der Waals surface area contributed by atoms with Gasteiger partial charge in [-0.25, -0.2) is 9.67 Å². The van der Waals surface area contributed by atoms with Gasteiger partial charge in [-0.3, -0.25) is 4.98 Å². The Balaban J connectivity index is 2.37. The molecular weight excluding hydrogens is 216 g/mol. The lowest BCUT2D eigenvalue weighted by molar-refractivity contribution is 0.199. The largest absolute Gasteiger partial charge is 0.380 e. The zero-order valence-electron chi connectivity index (χ0n) is 10.2. The van der Waals surface area contributed by atoms with Crippen molar-refractivity contribution >= 4 is 0 Å². The van der Waals surface area contributed by atoms with Gasteiger partial charge in [-0.15, -0.1) is 0 Å². The van der Waals surface area contributed by atoms with Crippen molar-refractivity contribution < 1.29 is 5.11 Å². The van der Waals surface area contributed by atoms with E-state index in [9.17, 15) is 5.11 Å². The van der Waals surface area contributed by atoms with E-state index in [1.807, 2.05) is 26.8 Å². The molecule has 2 heterocycles. The molecule has 17 heavy (non-hydrogen) atoms. The molecule has 0 aliphatic carbocycles. The highest BCUT2D eigenvalue weighted by Crippen LogP contribution is 2.21. The lowest BCUT2D eigenvalue weighted by Crippen LogP contribution is -2.13. The third kappa shape index (κ3) is 2.34. The van der Waals surface area contributed by atoms with Crippen molar-refractivity contribution in [3.8, 4) is 0 Å². The molecule has 0 radical (unpaired) electrons. The molecule has 5 heteroatoms. The number of hydrogen-bond acceptors (Lipinski definition) is 4. The van der Waals surface area contributed by atoms with Crippen molar-refractivity contribution in [3.05, 3.63) is 41.7 Å². The van der Waals surface area contributed by atoms with Gasteiger partial charge < -0.3 is 5.11 Å². The highest BCUT2D eigenvalue weighted by Gasteiger charge is 2.18. The summed E-state index contributed by atoms with van der Waals surface area (Å²) in [4.78, 5) is 8.23. The quantitative estimate of drug-likeness (QED) is 0.873. The Morgan fingerprint density at radius 3 is 2.71 bits per heavy atom. The number of hydrogen-bond donors (Lipinski definition) is 1. The lowest BCUT2D eigenvalue weighted by atomic mass is 10.1. The Labute approximate surface area is 100 Å². The van der Waals surface area contributed by atoms with E-state index in [0.29, 0.717) is 5.82 Å². The number of aliphatic hydroxyl groups is 1. The fourth-order valence-electron chi connectivity index (χ4n) is 1.74. The van der Waals surface area contributed by atoms with Crippen LogP contribution in [-0.2, 0) is 0 Å². The predicted molar refractivity (Wildman–Crippen MR) is 63.4 cm³/mol. The van der Waals surface area contributed by atoms with Crippen LogP contribution in [0.5, 0.6) is 0 Å². The first-order valence-corrected chi connectivity index (χ1v) is 5.59. The van der Waals surface area contributed by atoms with Crippen molar-refractivity contribution in [1.82, 2.24) is 19.7 Å². The third-order valence-electron chi connectivity index (χ3n) is 2.57. The SMILES string of the molecule is Cc1cc(C(O)c2ncnn2C(C)C)ccn1. The second-order valence-corrected chi connectivity index (χ2v) is 4.29. The van der Waals surface area contributed by atoms with E-state index < -0.39 is 6.10 Å². The standard InChI is InChI=1S/C12H16N4O/c1-8(2)16-12(14-7-15-16)11(17)10-4-5-13-9(3)6-10/h4-8,11,17H,1-3H3. The molecule has 2 rings (SSSR count). The first-order chi connectivity index (χ1) is 8.09. The molecular formula is C12H16N4O. The van der Waals surface area contributed by atoms with E-state index in [1.165, 1.54) is 6.33 Å². The number of aryl methyl sites for hydroxylation is 1. The van der Waals surface area contributed by atoms with Crippen molar-refractivity contribution in [2.45, 2.75) is 32.9 Å². The smallest absolute Gasteiger partial charge is 0.160 e. The minimum absolute atomic E-state index is 0.171. The van der Waals surface area contributed by atoms with Gasteiger partial charge in [-0.05, 0) is 38.5 Å². The Kier molecular flexibility index (Phi) is 3.19. The van der Waals surface area contributed by atoms with Gasteiger partial charge >= 0.3 is 0 Å². The average molecular weight is 232 g/mol. The van der Waals surface area contributed by atoms with Gasteiger partial charge in [0.05, 0.1) is 0 Å². The number of nitrogens with zero attached hydrogens (tertiary/aromatic N) is 4. The molecule has 0 aliphatic rings. The Hall–Kier alpha value is -1.75. The maximum absolute atomic E-state index is 10.3. The number of pyridine rings is 1. The van der Waals surface area contributed by atoms with Gasteiger partial charge in [-0.2, -0.15) is 5.10 Å². The average Bonchev–Trinajstić information content (AvgIpc) is 2.77. The van der Waals surface area contributed by atoms with E-state index in [4.69, 9.17) is 0 Å². The van der Waals surface area contributed by atoms with Crippen LogP contribution in [0.1, 0.15) is 43.1 Å². The second kappa shape index (κ2) is 4.63. The Morgan fingerprint density at radius 1 is 1.29 bits per heavy atom. The molecule has 2 aromatic heterocycles. The molecule has 1 atom stereocenters. The summed E-state index contributed by atoms with van der Waals surface area (Å²) >= 11 is 0. The molecule has 0 bridgehead atoms. The zero-order valence-corrected chi connectivity index (χ0v) is 10.2. The van der Waals surface area contributed by atoms with Crippen LogP contribution in [0.4, 0.5) is 0 Å². The van der Waals surface area contributed by atoms with Crippen molar-refractivity contribution in [2.24, 2.45) is 0 Å². The summed E-state index contributed by atoms with van der Waals surface area (Å²) in [5, 5.41) is 14.4. The minimum Gasteiger partial charge on any atom is -0.380 e. The van der Waals surface area contributed by atoms with Crippen LogP contribution < -0.4 is 0 Å². The van der Waals surface area contributed by atoms with E-state index >= 15 is 0 Å². The summed E-state index contributed by atoms with van der Waals surface area (Å²) in [5.74, 6) is 0.561. The molecule has 0 amide bonds. The van der Waals surface area contributed by atoms with Crippen LogP contribution in [0, 0.1) is 6.92 Å². The van der Waals surface area contributed by atoms with E-state index in [-0.39, 0.29) is 6.04 Å². The molecule has 0 fully saturated rings. The molecule has 0 aliphatic heterocycles. The summed E-state index contributed by atoms with van der Waals surface area (Å²) in [7, 11) is 0. The molecule has 1 unspecified atom stereocenters. The molecule has 0 aromatic carbocycles. The van der Waals surface area contributed by atoms with Gasteiger partial charge in [0.2, 0.25) is 0 Å². The number of aromatic nitrogens is 4. The van der Waals surface area contributed by atoms with Crippen molar-refractivity contribution in [1.29, 1.82) is 0 Å². The first-order valence-electron chi connectivity index (χ1n) is 5.59. The fourth-order valence-corrected chi connectivity index (χ4v) is 1.74. The fraction of sp³-hybridized carbons (Fsp3) is 0.417. The molecule has 5 nitrogen and oxygen atoms in total. The Bertz CT molecular complexity index is 507. The van der Waals surface area contributed by atoms with Gasteiger partial charge in [0, 0.05) is 17.9 Å². The molecule has 0 saturated heterocycles. The first kappa shape index (κ1) is 11.7. The number of aliphatic hydroxyl groups excluding tert-OH is 1. The monoisotopic (exact) mass is 232 g/mol. The lowest BCUT2D eigenvalue weighted by Gasteiger charge is -2.14. The van der Waals surface area contributed by atoms with Gasteiger partial charge in [0.1, 0.15) is 12.4 Å². The topological polar surface area (TPSA) is 63.8 Å². The molecule has 0 saturated carbocycles. The second-order valence-electron chi connectivity index (χ2n) is 4.29.